The number of ketones is 1. The summed E-state index contributed by atoms with van der Waals surface area (Å²) in [4.78, 5) is 14.9. The van der Waals surface area contributed by atoms with E-state index in [1.807, 2.05) is 56.1 Å². The maximum absolute atomic E-state index is 13.2. The van der Waals surface area contributed by atoms with Crippen molar-refractivity contribution in [1.82, 2.24) is 9.47 Å². The molecule has 0 spiro atoms. The van der Waals surface area contributed by atoms with Crippen LogP contribution in [0, 0.1) is 19.7 Å². The number of halogens is 1. The summed E-state index contributed by atoms with van der Waals surface area (Å²) in [7, 11) is 3.59. The van der Waals surface area contributed by atoms with Crippen molar-refractivity contribution in [2.45, 2.75) is 26.9 Å². The average molecular weight is 394 g/mol. The van der Waals surface area contributed by atoms with Crippen LogP contribution in [0.5, 0.6) is 5.75 Å². The first-order valence-corrected chi connectivity index (χ1v) is 9.64. The van der Waals surface area contributed by atoms with Crippen molar-refractivity contribution in [3.05, 3.63) is 88.5 Å². The quantitative estimate of drug-likeness (QED) is 0.523. The van der Waals surface area contributed by atoms with Crippen LogP contribution in [0.3, 0.4) is 0 Å². The van der Waals surface area contributed by atoms with Crippen LogP contribution in [0.25, 0.3) is 0 Å². The normalized spacial score (nSPS) is 11.1. The maximum Gasteiger partial charge on any atom is 0.178 e. The molecule has 0 bridgehead atoms. The van der Waals surface area contributed by atoms with E-state index in [0.29, 0.717) is 19.6 Å². The highest BCUT2D eigenvalue weighted by Gasteiger charge is 2.18. The molecule has 1 aromatic heterocycles. The zero-order valence-corrected chi connectivity index (χ0v) is 17.4. The second-order valence-corrected chi connectivity index (χ2v) is 7.40. The summed E-state index contributed by atoms with van der Waals surface area (Å²) < 4.78 is 20.7. The molecule has 0 saturated carbocycles. The molecular weight excluding hydrogens is 367 g/mol. The van der Waals surface area contributed by atoms with Gasteiger partial charge in [-0.2, -0.15) is 0 Å². The van der Waals surface area contributed by atoms with Gasteiger partial charge in [0.15, 0.2) is 5.78 Å². The Morgan fingerprint density at radius 1 is 1.10 bits per heavy atom. The van der Waals surface area contributed by atoms with Crippen LogP contribution in [0.1, 0.15) is 32.9 Å². The summed E-state index contributed by atoms with van der Waals surface area (Å²) in [6.07, 6.45) is 0. The topological polar surface area (TPSA) is 34.5 Å². The second kappa shape index (κ2) is 9.05. The number of hydrogen-bond donors (Lipinski definition) is 0. The number of carbonyl (C=O) groups is 1. The number of likely N-dealkylation sites (N-methyl/N-ethyl adjacent to an activating group) is 1. The van der Waals surface area contributed by atoms with Crippen molar-refractivity contribution in [2.75, 3.05) is 20.7 Å². The third-order valence-corrected chi connectivity index (χ3v) is 5.17. The van der Waals surface area contributed by atoms with Gasteiger partial charge in [-0.05, 0) is 50.7 Å². The molecule has 0 unspecified atom stereocenters. The van der Waals surface area contributed by atoms with E-state index in [0.717, 1.165) is 33.8 Å². The van der Waals surface area contributed by atoms with Gasteiger partial charge in [-0.15, -0.1) is 0 Å². The van der Waals surface area contributed by atoms with Crippen molar-refractivity contribution >= 4 is 5.78 Å². The molecule has 0 N–H and O–H groups in total. The van der Waals surface area contributed by atoms with Crippen LogP contribution >= 0.6 is 0 Å². The summed E-state index contributed by atoms with van der Waals surface area (Å²) in [5.74, 6) is 0.661. The third kappa shape index (κ3) is 4.93. The fourth-order valence-electron chi connectivity index (χ4n) is 3.61. The van der Waals surface area contributed by atoms with Gasteiger partial charge in [-0.1, -0.05) is 30.3 Å². The molecule has 1 heterocycles. The van der Waals surface area contributed by atoms with Crippen LogP contribution in [0.4, 0.5) is 4.39 Å². The van der Waals surface area contributed by atoms with Crippen LogP contribution < -0.4 is 4.74 Å². The molecule has 0 radical (unpaired) electrons. The summed E-state index contributed by atoms with van der Waals surface area (Å²) in [5.41, 5.74) is 4.73. The minimum absolute atomic E-state index is 0.0841. The third-order valence-electron chi connectivity index (χ3n) is 5.17. The Morgan fingerprint density at radius 2 is 1.79 bits per heavy atom. The van der Waals surface area contributed by atoms with Crippen molar-refractivity contribution < 1.29 is 13.9 Å². The van der Waals surface area contributed by atoms with Crippen LogP contribution in [-0.2, 0) is 13.1 Å². The molecule has 152 valence electrons. The van der Waals surface area contributed by atoms with Crippen LogP contribution in [0.15, 0.2) is 54.6 Å². The SMILES string of the molecule is COc1ccccc1CN(C)CC(=O)c1cc(C)n(Cc2ccc(F)cc2)c1C. The van der Waals surface area contributed by atoms with Gasteiger partial charge in [0.05, 0.1) is 13.7 Å². The molecule has 5 heteroatoms. The number of benzene rings is 2. The van der Waals surface area contributed by atoms with Gasteiger partial charge < -0.3 is 9.30 Å². The van der Waals surface area contributed by atoms with Crippen molar-refractivity contribution in [3.8, 4) is 5.75 Å². The molecule has 2 aromatic carbocycles. The van der Waals surface area contributed by atoms with Gasteiger partial charge in [-0.3, -0.25) is 9.69 Å². The Balaban J connectivity index is 1.71. The Labute approximate surface area is 171 Å². The summed E-state index contributed by atoms with van der Waals surface area (Å²) in [6.45, 7) is 5.51. The fraction of sp³-hybridized carbons (Fsp3) is 0.292. The standard InChI is InChI=1S/C24H27FN2O2/c1-17-13-22(18(2)27(17)14-19-9-11-21(25)12-10-19)23(28)16-26(3)15-20-7-5-6-8-24(20)29-4/h5-13H,14-16H2,1-4H3. The first kappa shape index (κ1) is 20.8. The number of aryl methyl sites for hydroxylation is 1. The Kier molecular flexibility index (Phi) is 6.49. The summed E-state index contributed by atoms with van der Waals surface area (Å²) in [5, 5.41) is 0. The first-order valence-electron chi connectivity index (χ1n) is 9.64. The molecule has 3 aromatic rings. The lowest BCUT2D eigenvalue weighted by atomic mass is 10.1. The predicted molar refractivity (Wildman–Crippen MR) is 113 cm³/mol. The van der Waals surface area contributed by atoms with Gasteiger partial charge >= 0.3 is 0 Å². The number of methoxy groups -OCH3 is 1. The van der Waals surface area contributed by atoms with Gasteiger partial charge in [0.1, 0.15) is 11.6 Å². The number of ether oxygens (including phenoxy) is 1. The number of Topliss-reactive ketones (excluding diaryl/α,β-unsaturated/α-hetero) is 1. The smallest absolute Gasteiger partial charge is 0.178 e. The van der Waals surface area contributed by atoms with E-state index in [1.165, 1.54) is 12.1 Å². The molecular formula is C24H27FN2O2. The van der Waals surface area contributed by atoms with E-state index in [-0.39, 0.29) is 11.6 Å². The average Bonchev–Trinajstić information content (AvgIpc) is 2.98. The van der Waals surface area contributed by atoms with E-state index in [2.05, 4.69) is 4.57 Å². The largest absolute Gasteiger partial charge is 0.496 e. The lowest BCUT2D eigenvalue weighted by Crippen LogP contribution is -2.26. The monoisotopic (exact) mass is 394 g/mol. The molecule has 0 atom stereocenters. The Morgan fingerprint density at radius 3 is 2.48 bits per heavy atom. The minimum atomic E-state index is -0.247. The summed E-state index contributed by atoms with van der Waals surface area (Å²) in [6, 6.07) is 16.2. The number of nitrogens with zero attached hydrogens (tertiary/aromatic N) is 2. The van der Waals surface area contributed by atoms with Gasteiger partial charge in [-0.25, -0.2) is 4.39 Å². The molecule has 4 nitrogen and oxygen atoms in total. The maximum atomic E-state index is 13.2. The Bertz CT molecular complexity index is 993. The number of rotatable bonds is 8. The van der Waals surface area contributed by atoms with Crippen LogP contribution in [-0.4, -0.2) is 36.0 Å². The molecule has 0 saturated heterocycles. The van der Waals surface area contributed by atoms with Crippen molar-refractivity contribution in [2.24, 2.45) is 0 Å². The lowest BCUT2D eigenvalue weighted by Gasteiger charge is -2.18. The van der Waals surface area contributed by atoms with E-state index < -0.39 is 0 Å². The number of hydrogen-bond acceptors (Lipinski definition) is 3. The minimum Gasteiger partial charge on any atom is -0.496 e. The first-order chi connectivity index (χ1) is 13.9. The molecule has 0 amide bonds. The van der Waals surface area contributed by atoms with Gasteiger partial charge in [0.25, 0.3) is 0 Å². The molecule has 0 fully saturated rings. The Hall–Kier alpha value is -2.92. The molecule has 0 aliphatic heterocycles. The zero-order chi connectivity index (χ0) is 21.0. The molecule has 29 heavy (non-hydrogen) atoms. The number of aromatic nitrogens is 1. The van der Waals surface area contributed by atoms with Crippen molar-refractivity contribution in [3.63, 3.8) is 0 Å². The fourth-order valence-corrected chi connectivity index (χ4v) is 3.61. The zero-order valence-electron chi connectivity index (χ0n) is 17.4. The highest BCUT2D eigenvalue weighted by atomic mass is 19.1. The van der Waals surface area contributed by atoms with E-state index >= 15 is 0 Å². The van der Waals surface area contributed by atoms with E-state index in [9.17, 15) is 9.18 Å². The van der Waals surface area contributed by atoms with Crippen LogP contribution in [0.2, 0.25) is 0 Å². The number of para-hydroxylation sites is 1. The van der Waals surface area contributed by atoms with Crippen molar-refractivity contribution in [1.29, 1.82) is 0 Å². The summed E-state index contributed by atoms with van der Waals surface area (Å²) >= 11 is 0. The van der Waals surface area contributed by atoms with E-state index in [4.69, 9.17) is 4.74 Å². The highest BCUT2D eigenvalue weighted by Crippen LogP contribution is 2.21. The molecule has 0 aliphatic carbocycles. The molecule has 3 rings (SSSR count). The molecule has 0 aliphatic rings. The predicted octanol–water partition coefficient (Wildman–Crippen LogP) is 4.62. The highest BCUT2D eigenvalue weighted by molar-refractivity contribution is 5.99. The number of carbonyl (C=O) groups excluding carboxylic acids is 1. The van der Waals surface area contributed by atoms with E-state index in [1.54, 1.807) is 19.2 Å². The second-order valence-electron chi connectivity index (χ2n) is 7.40. The van der Waals surface area contributed by atoms with Gasteiger partial charge in [0, 0.05) is 35.6 Å². The lowest BCUT2D eigenvalue weighted by molar-refractivity contribution is 0.0942. The van der Waals surface area contributed by atoms with Gasteiger partial charge in [0.2, 0.25) is 0 Å².